The summed E-state index contributed by atoms with van der Waals surface area (Å²) in [6.45, 7) is 2.63. The minimum absolute atomic E-state index is 0.0858. The highest BCUT2D eigenvalue weighted by Crippen LogP contribution is 2.17. The van der Waals surface area contributed by atoms with Gasteiger partial charge in [-0.2, -0.15) is 0 Å². The number of amides is 1. The molecule has 0 bridgehead atoms. The van der Waals surface area contributed by atoms with Gasteiger partial charge in [0.1, 0.15) is 12.4 Å². The van der Waals surface area contributed by atoms with Crippen LogP contribution in [0.3, 0.4) is 0 Å². The average molecular weight is 274 g/mol. The van der Waals surface area contributed by atoms with E-state index >= 15 is 0 Å². The van der Waals surface area contributed by atoms with Crippen molar-refractivity contribution in [3.63, 3.8) is 0 Å². The van der Waals surface area contributed by atoms with Crippen molar-refractivity contribution < 1.29 is 13.9 Å². The topological polar surface area (TPSA) is 77.5 Å². The van der Waals surface area contributed by atoms with Crippen LogP contribution >= 0.6 is 0 Å². The molecular weight excluding hydrogens is 256 g/mol. The molecule has 106 valence electrons. The summed E-state index contributed by atoms with van der Waals surface area (Å²) in [6.07, 6.45) is 1.89. The Hall–Kier alpha value is -2.27. The van der Waals surface area contributed by atoms with Crippen LogP contribution < -0.4 is 11.1 Å². The molecule has 0 atom stereocenters. The molecule has 0 saturated carbocycles. The van der Waals surface area contributed by atoms with Crippen molar-refractivity contribution in [3.8, 4) is 0 Å². The molecule has 0 saturated heterocycles. The second kappa shape index (κ2) is 6.77. The average Bonchev–Trinajstić information content (AvgIpc) is 2.91. The lowest BCUT2D eigenvalue weighted by Crippen LogP contribution is -2.14. The third-order valence-corrected chi connectivity index (χ3v) is 2.82. The van der Waals surface area contributed by atoms with E-state index in [0.717, 1.165) is 17.0 Å². The predicted octanol–water partition coefficient (Wildman–Crippen LogP) is 2.72. The van der Waals surface area contributed by atoms with Gasteiger partial charge in [0.25, 0.3) is 0 Å². The number of rotatable bonds is 6. The van der Waals surface area contributed by atoms with Crippen LogP contribution in [-0.2, 0) is 16.1 Å². The van der Waals surface area contributed by atoms with Crippen LogP contribution in [0.1, 0.15) is 17.7 Å². The van der Waals surface area contributed by atoms with Crippen molar-refractivity contribution in [1.82, 2.24) is 0 Å². The molecule has 5 nitrogen and oxygen atoms in total. The molecule has 20 heavy (non-hydrogen) atoms. The number of ether oxygens (including phenoxy) is 1. The highest BCUT2D eigenvalue weighted by atomic mass is 16.5. The number of nitrogens with one attached hydrogen (secondary N) is 1. The van der Waals surface area contributed by atoms with E-state index in [1.807, 2.05) is 19.1 Å². The maximum Gasteiger partial charge on any atom is 0.226 e. The molecule has 5 heteroatoms. The summed E-state index contributed by atoms with van der Waals surface area (Å²) in [4.78, 5) is 11.8. The molecule has 2 rings (SSSR count). The number of anilines is 2. The zero-order valence-electron chi connectivity index (χ0n) is 11.4. The summed E-state index contributed by atoms with van der Waals surface area (Å²) in [6, 6.07) is 9.01. The summed E-state index contributed by atoms with van der Waals surface area (Å²) in [7, 11) is 0. The Morgan fingerprint density at radius 1 is 1.40 bits per heavy atom. The lowest BCUT2D eigenvalue weighted by molar-refractivity contribution is -0.117. The van der Waals surface area contributed by atoms with Crippen LogP contribution in [0.2, 0.25) is 0 Å². The van der Waals surface area contributed by atoms with Gasteiger partial charge in [0, 0.05) is 11.4 Å². The van der Waals surface area contributed by atoms with E-state index in [9.17, 15) is 4.79 Å². The van der Waals surface area contributed by atoms with Gasteiger partial charge in [-0.15, -0.1) is 0 Å². The molecule has 2 aromatic rings. The van der Waals surface area contributed by atoms with Crippen molar-refractivity contribution in [1.29, 1.82) is 0 Å². The molecule has 0 aliphatic carbocycles. The standard InChI is InChI=1S/C15H18N2O3/c1-11-9-12(16)4-5-14(11)17-15(18)6-8-19-10-13-3-2-7-20-13/h2-5,7,9H,6,8,10,16H2,1H3,(H,17,18). The van der Waals surface area contributed by atoms with Gasteiger partial charge < -0.3 is 20.2 Å². The van der Waals surface area contributed by atoms with Gasteiger partial charge in [0.05, 0.1) is 19.3 Å². The molecule has 0 aliphatic heterocycles. The highest BCUT2D eigenvalue weighted by Gasteiger charge is 2.05. The fourth-order valence-corrected chi connectivity index (χ4v) is 1.77. The Morgan fingerprint density at radius 2 is 2.25 bits per heavy atom. The largest absolute Gasteiger partial charge is 0.467 e. The number of aryl methyl sites for hydroxylation is 1. The number of nitrogens with two attached hydrogens (primary N) is 1. The van der Waals surface area contributed by atoms with Crippen LogP contribution in [0, 0.1) is 6.92 Å². The zero-order valence-corrected chi connectivity index (χ0v) is 11.4. The summed E-state index contributed by atoms with van der Waals surface area (Å²) < 4.78 is 10.5. The fraction of sp³-hybridized carbons (Fsp3) is 0.267. The predicted molar refractivity (Wildman–Crippen MR) is 77.2 cm³/mol. The Bertz CT molecular complexity index is 565. The van der Waals surface area contributed by atoms with Crippen molar-refractivity contribution >= 4 is 17.3 Å². The second-order valence-electron chi connectivity index (χ2n) is 4.50. The van der Waals surface area contributed by atoms with Gasteiger partial charge >= 0.3 is 0 Å². The van der Waals surface area contributed by atoms with E-state index in [1.165, 1.54) is 0 Å². The lowest BCUT2D eigenvalue weighted by atomic mass is 10.2. The number of carbonyl (C=O) groups excluding carboxylic acids is 1. The number of hydrogen-bond donors (Lipinski definition) is 2. The Labute approximate surface area is 117 Å². The second-order valence-corrected chi connectivity index (χ2v) is 4.50. The van der Waals surface area contributed by atoms with Gasteiger partial charge in [-0.3, -0.25) is 4.79 Å². The van der Waals surface area contributed by atoms with Gasteiger partial charge in [0.15, 0.2) is 0 Å². The van der Waals surface area contributed by atoms with Gasteiger partial charge in [-0.05, 0) is 42.8 Å². The van der Waals surface area contributed by atoms with Gasteiger partial charge in [0.2, 0.25) is 5.91 Å². The van der Waals surface area contributed by atoms with Crippen molar-refractivity contribution in [2.45, 2.75) is 20.0 Å². The Balaban J connectivity index is 1.72. The number of carbonyl (C=O) groups is 1. The number of furan rings is 1. The Morgan fingerprint density at radius 3 is 2.95 bits per heavy atom. The lowest BCUT2D eigenvalue weighted by Gasteiger charge is -2.09. The first-order chi connectivity index (χ1) is 9.65. The maximum atomic E-state index is 11.8. The summed E-state index contributed by atoms with van der Waals surface area (Å²) >= 11 is 0. The maximum absolute atomic E-state index is 11.8. The highest BCUT2D eigenvalue weighted by molar-refractivity contribution is 5.91. The van der Waals surface area contributed by atoms with Crippen molar-refractivity contribution in [2.24, 2.45) is 0 Å². The van der Waals surface area contributed by atoms with Crippen molar-refractivity contribution in [3.05, 3.63) is 47.9 Å². The molecule has 1 amide bonds. The van der Waals surface area contributed by atoms with E-state index in [-0.39, 0.29) is 5.91 Å². The molecular formula is C15H18N2O3. The first kappa shape index (κ1) is 14.1. The van der Waals surface area contributed by atoms with Crippen molar-refractivity contribution in [2.75, 3.05) is 17.7 Å². The van der Waals surface area contributed by atoms with E-state index in [4.69, 9.17) is 14.9 Å². The van der Waals surface area contributed by atoms with Crippen LogP contribution in [-0.4, -0.2) is 12.5 Å². The molecule has 0 radical (unpaired) electrons. The Kier molecular flexibility index (Phi) is 4.79. The number of hydrogen-bond acceptors (Lipinski definition) is 4. The molecule has 1 aromatic heterocycles. The van der Waals surface area contributed by atoms with Crippen LogP contribution in [0.15, 0.2) is 41.0 Å². The molecule has 3 N–H and O–H groups in total. The molecule has 1 aromatic carbocycles. The first-order valence-electron chi connectivity index (χ1n) is 6.41. The smallest absolute Gasteiger partial charge is 0.226 e. The van der Waals surface area contributed by atoms with Gasteiger partial charge in [-0.1, -0.05) is 0 Å². The molecule has 0 fully saturated rings. The number of benzene rings is 1. The fourth-order valence-electron chi connectivity index (χ4n) is 1.77. The normalized spacial score (nSPS) is 10.4. The van der Waals surface area contributed by atoms with E-state index < -0.39 is 0 Å². The summed E-state index contributed by atoms with van der Waals surface area (Å²) in [5, 5.41) is 2.83. The third-order valence-electron chi connectivity index (χ3n) is 2.82. The van der Waals surface area contributed by atoms with Gasteiger partial charge in [-0.25, -0.2) is 0 Å². The molecule has 1 heterocycles. The number of nitrogen functional groups attached to an aromatic ring is 1. The minimum Gasteiger partial charge on any atom is -0.467 e. The molecule has 0 unspecified atom stereocenters. The first-order valence-corrected chi connectivity index (χ1v) is 6.41. The minimum atomic E-state index is -0.0858. The summed E-state index contributed by atoms with van der Waals surface area (Å²) in [5.74, 6) is 0.664. The molecule has 0 spiro atoms. The SMILES string of the molecule is Cc1cc(N)ccc1NC(=O)CCOCc1ccco1. The monoisotopic (exact) mass is 274 g/mol. The summed E-state index contributed by atoms with van der Waals surface area (Å²) in [5.41, 5.74) is 8.06. The van der Waals surface area contributed by atoms with E-state index in [0.29, 0.717) is 25.3 Å². The van der Waals surface area contributed by atoms with Crippen LogP contribution in [0.5, 0.6) is 0 Å². The van der Waals surface area contributed by atoms with E-state index in [1.54, 1.807) is 24.5 Å². The zero-order chi connectivity index (χ0) is 14.4. The molecule has 0 aliphatic rings. The quantitative estimate of drug-likeness (QED) is 0.627. The van der Waals surface area contributed by atoms with E-state index in [2.05, 4.69) is 5.32 Å². The third kappa shape index (κ3) is 4.13. The van der Waals surface area contributed by atoms with Crippen LogP contribution in [0.25, 0.3) is 0 Å². The van der Waals surface area contributed by atoms with Crippen LogP contribution in [0.4, 0.5) is 11.4 Å².